The molecule has 0 radical (unpaired) electrons. The van der Waals surface area contributed by atoms with E-state index in [2.05, 4.69) is 5.32 Å². The minimum atomic E-state index is -0.557. The van der Waals surface area contributed by atoms with Crippen LogP contribution in [0.1, 0.15) is 39.7 Å². The van der Waals surface area contributed by atoms with E-state index in [1.807, 2.05) is 51.1 Å². The van der Waals surface area contributed by atoms with Crippen LogP contribution in [0.5, 0.6) is 0 Å². The van der Waals surface area contributed by atoms with Gasteiger partial charge in [0.2, 0.25) is 0 Å². The molecule has 0 bridgehead atoms. The molecule has 0 spiro atoms. The molecule has 1 amide bonds. The van der Waals surface area contributed by atoms with Gasteiger partial charge in [0.25, 0.3) is 0 Å². The third-order valence-corrected chi connectivity index (χ3v) is 4.27. The summed E-state index contributed by atoms with van der Waals surface area (Å²) >= 11 is 0. The fourth-order valence-corrected chi connectivity index (χ4v) is 3.02. The van der Waals surface area contributed by atoms with Crippen LogP contribution in [-0.2, 0) is 20.8 Å². The highest BCUT2D eigenvalue weighted by atomic mass is 16.6. The zero-order chi connectivity index (χ0) is 19.2. The molecule has 0 saturated carbocycles. The fourth-order valence-electron chi connectivity index (χ4n) is 3.02. The molecule has 2 atom stereocenters. The first-order valence-electron chi connectivity index (χ1n) is 9.22. The van der Waals surface area contributed by atoms with Crippen molar-refractivity contribution in [1.82, 2.24) is 10.2 Å². The number of ether oxygens (including phenoxy) is 2. The van der Waals surface area contributed by atoms with Gasteiger partial charge in [-0.15, -0.1) is 0 Å². The molecule has 1 aromatic rings. The lowest BCUT2D eigenvalue weighted by molar-refractivity contribution is -0.150. The SMILES string of the molecule is CCOC(=O)[C@H]1CN(C(=O)OC(C)(C)C)CC[C@@H]1NCc1ccccc1. The Kier molecular flexibility index (Phi) is 7.03. The molecule has 0 aromatic heterocycles. The van der Waals surface area contributed by atoms with E-state index in [-0.39, 0.29) is 18.1 Å². The van der Waals surface area contributed by atoms with Crippen molar-refractivity contribution in [3.05, 3.63) is 35.9 Å². The molecule has 26 heavy (non-hydrogen) atoms. The molecular weight excluding hydrogens is 332 g/mol. The quantitative estimate of drug-likeness (QED) is 0.816. The zero-order valence-corrected chi connectivity index (χ0v) is 16.2. The van der Waals surface area contributed by atoms with Crippen LogP contribution in [0.25, 0.3) is 0 Å². The summed E-state index contributed by atoms with van der Waals surface area (Å²) in [5.41, 5.74) is 0.600. The van der Waals surface area contributed by atoms with E-state index in [0.29, 0.717) is 32.7 Å². The van der Waals surface area contributed by atoms with E-state index >= 15 is 0 Å². The van der Waals surface area contributed by atoms with Gasteiger partial charge in [0.15, 0.2) is 0 Å². The second kappa shape index (κ2) is 9.03. The lowest BCUT2D eigenvalue weighted by atomic mass is 9.92. The molecular formula is C20H30N2O4. The van der Waals surface area contributed by atoms with Crippen molar-refractivity contribution >= 4 is 12.1 Å². The summed E-state index contributed by atoms with van der Waals surface area (Å²) in [6.07, 6.45) is 0.295. The van der Waals surface area contributed by atoms with Crippen molar-refractivity contribution in [2.45, 2.75) is 52.3 Å². The molecule has 1 heterocycles. The molecule has 1 saturated heterocycles. The number of amides is 1. The predicted octanol–water partition coefficient (Wildman–Crippen LogP) is 2.96. The largest absolute Gasteiger partial charge is 0.466 e. The van der Waals surface area contributed by atoms with Crippen molar-refractivity contribution in [3.63, 3.8) is 0 Å². The van der Waals surface area contributed by atoms with Gasteiger partial charge in [0.1, 0.15) is 5.60 Å². The number of carbonyl (C=O) groups is 2. The average Bonchev–Trinajstić information content (AvgIpc) is 2.59. The number of hydrogen-bond donors (Lipinski definition) is 1. The van der Waals surface area contributed by atoms with Gasteiger partial charge in [-0.3, -0.25) is 4.79 Å². The van der Waals surface area contributed by atoms with Gasteiger partial charge in [-0.1, -0.05) is 30.3 Å². The molecule has 0 aliphatic carbocycles. The number of likely N-dealkylation sites (tertiary alicyclic amines) is 1. The summed E-state index contributed by atoms with van der Waals surface area (Å²) in [4.78, 5) is 26.4. The van der Waals surface area contributed by atoms with Crippen LogP contribution in [0, 0.1) is 5.92 Å². The molecule has 2 rings (SSSR count). The van der Waals surface area contributed by atoms with Gasteiger partial charge in [0, 0.05) is 25.7 Å². The summed E-state index contributed by atoms with van der Waals surface area (Å²) in [6, 6.07) is 10.0. The Morgan fingerprint density at radius 1 is 1.23 bits per heavy atom. The van der Waals surface area contributed by atoms with E-state index in [1.54, 1.807) is 11.8 Å². The van der Waals surface area contributed by atoms with Crippen LogP contribution in [-0.4, -0.2) is 48.3 Å². The Hall–Kier alpha value is -2.08. The van der Waals surface area contributed by atoms with Gasteiger partial charge in [-0.05, 0) is 39.7 Å². The number of esters is 1. The zero-order valence-electron chi connectivity index (χ0n) is 16.2. The second-order valence-electron chi connectivity index (χ2n) is 7.55. The molecule has 6 heteroatoms. The van der Waals surface area contributed by atoms with E-state index < -0.39 is 11.5 Å². The fraction of sp³-hybridized carbons (Fsp3) is 0.600. The van der Waals surface area contributed by atoms with Crippen molar-refractivity contribution in [3.8, 4) is 0 Å². The Bertz CT molecular complexity index is 598. The Morgan fingerprint density at radius 2 is 1.92 bits per heavy atom. The predicted molar refractivity (Wildman–Crippen MR) is 99.6 cm³/mol. The molecule has 1 aliphatic heterocycles. The minimum absolute atomic E-state index is 0.0343. The van der Waals surface area contributed by atoms with Crippen molar-refractivity contribution in [2.24, 2.45) is 5.92 Å². The first-order valence-corrected chi connectivity index (χ1v) is 9.22. The second-order valence-corrected chi connectivity index (χ2v) is 7.55. The standard InChI is InChI=1S/C20H30N2O4/c1-5-25-18(23)16-14-22(19(24)26-20(2,3)4)12-11-17(16)21-13-15-9-7-6-8-10-15/h6-10,16-17,21H,5,11-14H2,1-4H3/t16-,17-/m0/s1. The number of nitrogens with one attached hydrogen (secondary N) is 1. The highest BCUT2D eigenvalue weighted by Crippen LogP contribution is 2.22. The van der Waals surface area contributed by atoms with Crippen LogP contribution in [0.4, 0.5) is 4.79 Å². The number of carbonyl (C=O) groups excluding carboxylic acids is 2. The maximum Gasteiger partial charge on any atom is 0.410 e. The van der Waals surface area contributed by atoms with Crippen molar-refractivity contribution < 1.29 is 19.1 Å². The molecule has 144 valence electrons. The van der Waals surface area contributed by atoms with E-state index in [9.17, 15) is 9.59 Å². The summed E-state index contributed by atoms with van der Waals surface area (Å²) in [5.74, 6) is -0.675. The maximum atomic E-state index is 12.4. The molecule has 6 nitrogen and oxygen atoms in total. The lowest BCUT2D eigenvalue weighted by Gasteiger charge is -2.38. The van der Waals surface area contributed by atoms with Crippen LogP contribution in [0.3, 0.4) is 0 Å². The molecule has 1 N–H and O–H groups in total. The van der Waals surface area contributed by atoms with E-state index in [1.165, 1.54) is 0 Å². The van der Waals surface area contributed by atoms with Gasteiger partial charge < -0.3 is 19.7 Å². The number of hydrogen-bond acceptors (Lipinski definition) is 5. The van der Waals surface area contributed by atoms with Gasteiger partial charge in [-0.2, -0.15) is 0 Å². The molecule has 1 fully saturated rings. The normalized spacial score (nSPS) is 20.5. The Balaban J connectivity index is 2.02. The van der Waals surface area contributed by atoms with Crippen LogP contribution < -0.4 is 5.32 Å². The Labute approximate surface area is 155 Å². The number of rotatable bonds is 5. The maximum absolute atomic E-state index is 12.4. The summed E-state index contributed by atoms with van der Waals surface area (Å²) in [6.45, 7) is 9.16. The minimum Gasteiger partial charge on any atom is -0.466 e. The summed E-state index contributed by atoms with van der Waals surface area (Å²) in [7, 11) is 0. The molecule has 1 aliphatic rings. The number of piperidine rings is 1. The topological polar surface area (TPSA) is 67.9 Å². The summed E-state index contributed by atoms with van der Waals surface area (Å²) in [5, 5.41) is 3.46. The van der Waals surface area contributed by atoms with Crippen molar-refractivity contribution in [2.75, 3.05) is 19.7 Å². The van der Waals surface area contributed by atoms with Crippen LogP contribution >= 0.6 is 0 Å². The van der Waals surface area contributed by atoms with E-state index in [0.717, 1.165) is 5.56 Å². The first-order chi connectivity index (χ1) is 12.3. The Morgan fingerprint density at radius 3 is 2.54 bits per heavy atom. The van der Waals surface area contributed by atoms with Gasteiger partial charge in [0.05, 0.1) is 12.5 Å². The van der Waals surface area contributed by atoms with Crippen molar-refractivity contribution in [1.29, 1.82) is 0 Å². The smallest absolute Gasteiger partial charge is 0.410 e. The highest BCUT2D eigenvalue weighted by molar-refractivity contribution is 5.75. The first kappa shape index (κ1) is 20.2. The van der Waals surface area contributed by atoms with Gasteiger partial charge >= 0.3 is 12.1 Å². The third-order valence-electron chi connectivity index (χ3n) is 4.27. The highest BCUT2D eigenvalue weighted by Gasteiger charge is 2.38. The van der Waals surface area contributed by atoms with Crippen LogP contribution in [0.15, 0.2) is 30.3 Å². The molecule has 1 aromatic carbocycles. The number of nitrogens with zero attached hydrogens (tertiary/aromatic N) is 1. The molecule has 0 unspecified atom stereocenters. The monoisotopic (exact) mass is 362 g/mol. The van der Waals surface area contributed by atoms with Gasteiger partial charge in [-0.25, -0.2) is 4.79 Å². The third kappa shape index (κ3) is 6.02. The average molecular weight is 362 g/mol. The van der Waals surface area contributed by atoms with E-state index in [4.69, 9.17) is 9.47 Å². The number of benzene rings is 1. The van der Waals surface area contributed by atoms with Crippen LogP contribution in [0.2, 0.25) is 0 Å². The lowest BCUT2D eigenvalue weighted by Crippen LogP contribution is -2.54. The summed E-state index contributed by atoms with van der Waals surface area (Å²) < 4.78 is 10.7.